The topological polar surface area (TPSA) is 57.9 Å². The largest absolute Gasteiger partial charge is 0.490 e. The van der Waals surface area contributed by atoms with E-state index >= 15 is 0 Å². The van der Waals surface area contributed by atoms with Gasteiger partial charge >= 0.3 is 5.63 Å². The van der Waals surface area contributed by atoms with Gasteiger partial charge in [-0.05, 0) is 65.7 Å². The second-order valence-electron chi connectivity index (χ2n) is 7.23. The van der Waals surface area contributed by atoms with Crippen LogP contribution < -0.4 is 19.8 Å². The van der Waals surface area contributed by atoms with Gasteiger partial charge in [0.25, 0.3) is 0 Å². The first-order valence-corrected chi connectivity index (χ1v) is 9.55. The summed E-state index contributed by atoms with van der Waals surface area (Å²) in [4.78, 5) is 12.3. The molecule has 0 radical (unpaired) electrons. The van der Waals surface area contributed by atoms with E-state index in [2.05, 4.69) is 26.8 Å². The standard InChI is InChI=1S/C23H30O5/c1-15(2)9-7-10-17(5)13-14-26-21-20-18(27-16(3)4)11-8-12-19(20)28-23(24)22(21)25-6/h8-9,11-13,16H,7,10,14H2,1-6H3. The number of benzene rings is 1. The van der Waals surface area contributed by atoms with E-state index in [4.69, 9.17) is 18.6 Å². The van der Waals surface area contributed by atoms with Gasteiger partial charge in [0.05, 0.1) is 13.2 Å². The lowest BCUT2D eigenvalue weighted by Gasteiger charge is -2.16. The highest BCUT2D eigenvalue weighted by Gasteiger charge is 2.20. The molecular formula is C23H30O5. The molecule has 0 atom stereocenters. The van der Waals surface area contributed by atoms with E-state index in [1.165, 1.54) is 18.3 Å². The Bertz CT molecular complexity index is 914. The van der Waals surface area contributed by atoms with Crippen molar-refractivity contribution in [1.82, 2.24) is 0 Å². The fourth-order valence-electron chi connectivity index (χ4n) is 2.80. The van der Waals surface area contributed by atoms with Gasteiger partial charge < -0.3 is 18.6 Å². The summed E-state index contributed by atoms with van der Waals surface area (Å²) < 4.78 is 22.5. The summed E-state index contributed by atoms with van der Waals surface area (Å²) in [5, 5.41) is 0.600. The van der Waals surface area contributed by atoms with Crippen LogP contribution in [0.2, 0.25) is 0 Å². The van der Waals surface area contributed by atoms with Crippen LogP contribution in [0.3, 0.4) is 0 Å². The van der Waals surface area contributed by atoms with E-state index in [1.54, 1.807) is 12.1 Å². The highest BCUT2D eigenvalue weighted by molar-refractivity contribution is 5.91. The quantitative estimate of drug-likeness (QED) is 0.411. The van der Waals surface area contributed by atoms with Crippen LogP contribution >= 0.6 is 0 Å². The molecule has 0 saturated heterocycles. The zero-order valence-electron chi connectivity index (χ0n) is 17.6. The molecule has 152 valence electrons. The first-order chi connectivity index (χ1) is 13.3. The second kappa shape index (κ2) is 10.0. The van der Waals surface area contributed by atoms with Gasteiger partial charge in [-0.15, -0.1) is 0 Å². The first kappa shape index (κ1) is 21.6. The summed E-state index contributed by atoms with van der Waals surface area (Å²) >= 11 is 0. The van der Waals surface area contributed by atoms with Crippen LogP contribution in [0, 0.1) is 0 Å². The summed E-state index contributed by atoms with van der Waals surface area (Å²) in [5.41, 5.74) is 2.37. The molecule has 0 saturated carbocycles. The Labute approximate surface area is 166 Å². The molecule has 0 spiro atoms. The number of rotatable bonds is 9. The number of fused-ring (bicyclic) bond motifs is 1. The molecule has 0 aliphatic heterocycles. The van der Waals surface area contributed by atoms with Gasteiger partial charge in [-0.25, -0.2) is 4.79 Å². The van der Waals surface area contributed by atoms with Gasteiger partial charge in [-0.3, -0.25) is 0 Å². The Morgan fingerprint density at radius 3 is 2.54 bits per heavy atom. The van der Waals surface area contributed by atoms with E-state index < -0.39 is 5.63 Å². The summed E-state index contributed by atoms with van der Waals surface area (Å²) in [5.74, 6) is 0.982. The van der Waals surface area contributed by atoms with Crippen molar-refractivity contribution < 1.29 is 18.6 Å². The van der Waals surface area contributed by atoms with Gasteiger partial charge in [0, 0.05) is 0 Å². The lowest BCUT2D eigenvalue weighted by atomic mass is 10.1. The third-order valence-corrected chi connectivity index (χ3v) is 4.13. The molecule has 5 nitrogen and oxygen atoms in total. The normalized spacial score (nSPS) is 11.6. The van der Waals surface area contributed by atoms with Gasteiger partial charge in [-0.1, -0.05) is 23.3 Å². The molecule has 0 aliphatic carbocycles. The Hall–Kier alpha value is -2.69. The number of ether oxygens (including phenoxy) is 3. The van der Waals surface area contributed by atoms with E-state index in [-0.39, 0.29) is 11.9 Å². The number of hydrogen-bond donors (Lipinski definition) is 0. The molecule has 0 unspecified atom stereocenters. The summed E-state index contributed by atoms with van der Waals surface area (Å²) in [7, 11) is 1.43. The second-order valence-corrected chi connectivity index (χ2v) is 7.23. The molecule has 0 amide bonds. The third-order valence-electron chi connectivity index (χ3n) is 4.13. The van der Waals surface area contributed by atoms with Crippen molar-refractivity contribution in [2.75, 3.05) is 13.7 Å². The first-order valence-electron chi connectivity index (χ1n) is 9.55. The van der Waals surface area contributed by atoms with Gasteiger partial charge in [0.1, 0.15) is 23.3 Å². The predicted octanol–water partition coefficient (Wildman–Crippen LogP) is 5.66. The molecule has 1 aromatic carbocycles. The minimum absolute atomic E-state index is 0.0337. The molecule has 0 N–H and O–H groups in total. The maximum absolute atomic E-state index is 12.3. The molecule has 2 aromatic rings. The predicted molar refractivity (Wildman–Crippen MR) is 113 cm³/mol. The van der Waals surface area contributed by atoms with Crippen LogP contribution in [0.1, 0.15) is 47.5 Å². The lowest BCUT2D eigenvalue weighted by Crippen LogP contribution is -2.10. The highest BCUT2D eigenvalue weighted by Crippen LogP contribution is 2.39. The number of hydrogen-bond acceptors (Lipinski definition) is 5. The van der Waals surface area contributed by atoms with Crippen LogP contribution in [0.5, 0.6) is 17.2 Å². The van der Waals surface area contributed by atoms with E-state index in [0.717, 1.165) is 12.8 Å². The molecule has 2 rings (SSSR count). The number of methoxy groups -OCH3 is 1. The van der Waals surface area contributed by atoms with Crippen LogP contribution in [0.4, 0.5) is 0 Å². The number of allylic oxidation sites excluding steroid dienone is 3. The maximum atomic E-state index is 12.3. The smallest absolute Gasteiger partial charge is 0.383 e. The van der Waals surface area contributed by atoms with Crippen LogP contribution in [0.25, 0.3) is 11.0 Å². The zero-order chi connectivity index (χ0) is 20.7. The van der Waals surface area contributed by atoms with Crippen LogP contribution in [-0.2, 0) is 0 Å². The van der Waals surface area contributed by atoms with Crippen molar-refractivity contribution in [3.8, 4) is 17.2 Å². The van der Waals surface area contributed by atoms with Gasteiger partial charge in [-0.2, -0.15) is 0 Å². The van der Waals surface area contributed by atoms with Crippen LogP contribution in [0.15, 0.2) is 50.7 Å². The van der Waals surface area contributed by atoms with Crippen molar-refractivity contribution in [3.63, 3.8) is 0 Å². The Morgan fingerprint density at radius 1 is 1.14 bits per heavy atom. The zero-order valence-corrected chi connectivity index (χ0v) is 17.6. The lowest BCUT2D eigenvalue weighted by molar-refractivity contribution is 0.243. The molecular weight excluding hydrogens is 356 g/mol. The SMILES string of the molecule is COc1c(OCC=C(C)CCC=C(C)C)c2c(OC(C)C)cccc2oc1=O. The van der Waals surface area contributed by atoms with E-state index in [9.17, 15) is 4.79 Å². The maximum Gasteiger partial charge on any atom is 0.383 e. The molecule has 0 bridgehead atoms. The third kappa shape index (κ3) is 5.65. The van der Waals surface area contributed by atoms with E-state index in [1.807, 2.05) is 26.0 Å². The molecule has 5 heteroatoms. The Morgan fingerprint density at radius 2 is 1.89 bits per heavy atom. The van der Waals surface area contributed by atoms with Crippen molar-refractivity contribution in [3.05, 3.63) is 51.9 Å². The van der Waals surface area contributed by atoms with E-state index in [0.29, 0.717) is 29.1 Å². The average Bonchev–Trinajstić information content (AvgIpc) is 2.60. The summed E-state index contributed by atoms with van der Waals surface area (Å²) in [6.45, 7) is 10.5. The Kier molecular flexibility index (Phi) is 7.73. The molecule has 0 aliphatic rings. The van der Waals surface area contributed by atoms with Gasteiger partial charge in [0.2, 0.25) is 5.75 Å². The molecule has 0 fully saturated rings. The fourth-order valence-corrected chi connectivity index (χ4v) is 2.80. The minimum atomic E-state index is -0.573. The van der Waals surface area contributed by atoms with Crippen LogP contribution in [-0.4, -0.2) is 19.8 Å². The van der Waals surface area contributed by atoms with Gasteiger partial charge in [0.15, 0.2) is 5.75 Å². The molecule has 1 aromatic heterocycles. The summed E-state index contributed by atoms with van der Waals surface area (Å²) in [6, 6.07) is 5.33. The average molecular weight is 386 g/mol. The monoisotopic (exact) mass is 386 g/mol. The van der Waals surface area contributed by atoms with Crippen molar-refractivity contribution >= 4 is 11.0 Å². The highest BCUT2D eigenvalue weighted by atomic mass is 16.5. The van der Waals surface area contributed by atoms with Crippen molar-refractivity contribution in [2.45, 2.75) is 53.6 Å². The molecule has 1 heterocycles. The fraction of sp³-hybridized carbons (Fsp3) is 0.435. The minimum Gasteiger partial charge on any atom is -0.490 e. The van der Waals surface area contributed by atoms with Crippen molar-refractivity contribution in [2.24, 2.45) is 0 Å². The van der Waals surface area contributed by atoms with Crippen molar-refractivity contribution in [1.29, 1.82) is 0 Å². The summed E-state index contributed by atoms with van der Waals surface area (Å²) in [6.07, 6.45) is 6.16. The Balaban J connectivity index is 2.36. The molecule has 28 heavy (non-hydrogen) atoms.